The molecule has 1 saturated heterocycles. The molecule has 1 heterocycles. The quantitative estimate of drug-likeness (QED) is 0.775. The van der Waals surface area contributed by atoms with Crippen LogP contribution in [0.4, 0.5) is 0 Å². The number of nitrogens with zero attached hydrogens (tertiary/aromatic N) is 2. The average molecular weight is 279 g/mol. The molecule has 1 aliphatic heterocycles. The van der Waals surface area contributed by atoms with Crippen molar-refractivity contribution in [3.63, 3.8) is 0 Å². The maximum absolute atomic E-state index is 12.4. The van der Waals surface area contributed by atoms with E-state index in [4.69, 9.17) is 5.73 Å². The van der Waals surface area contributed by atoms with Gasteiger partial charge < -0.3 is 15.5 Å². The molecule has 20 heavy (non-hydrogen) atoms. The van der Waals surface area contributed by atoms with Crippen LogP contribution in [0.25, 0.3) is 0 Å². The minimum absolute atomic E-state index is 0.0318. The van der Waals surface area contributed by atoms with Crippen LogP contribution in [0, 0.1) is 11.8 Å². The predicted molar refractivity (Wildman–Crippen MR) is 82.3 cm³/mol. The van der Waals surface area contributed by atoms with Crippen molar-refractivity contribution < 1.29 is 4.79 Å². The van der Waals surface area contributed by atoms with Gasteiger partial charge in [0.2, 0.25) is 5.91 Å². The van der Waals surface area contributed by atoms with Gasteiger partial charge in [-0.15, -0.1) is 0 Å². The van der Waals surface area contributed by atoms with Crippen LogP contribution in [0.5, 0.6) is 0 Å². The van der Waals surface area contributed by atoms with Crippen molar-refractivity contribution in [2.24, 2.45) is 17.6 Å². The van der Waals surface area contributed by atoms with E-state index in [0.717, 1.165) is 51.4 Å². The van der Waals surface area contributed by atoms with Crippen LogP contribution in [-0.2, 0) is 4.79 Å². The van der Waals surface area contributed by atoms with E-state index in [1.165, 1.54) is 6.54 Å². The van der Waals surface area contributed by atoms with Crippen molar-refractivity contribution in [1.29, 1.82) is 0 Å². The van der Waals surface area contributed by atoms with Gasteiger partial charge in [0.1, 0.15) is 0 Å². The lowest BCUT2D eigenvalue weighted by Gasteiger charge is -2.35. The molecule has 1 aliphatic carbocycles. The molecule has 0 aromatic carbocycles. The predicted octanol–water partition coefficient (Wildman–Crippen LogP) is 1.47. The van der Waals surface area contributed by atoms with Crippen molar-refractivity contribution in [3.8, 4) is 0 Å². The van der Waals surface area contributed by atoms with E-state index < -0.39 is 0 Å². The van der Waals surface area contributed by atoms with Crippen LogP contribution in [0.15, 0.2) is 12.2 Å². The fourth-order valence-electron chi connectivity index (χ4n) is 3.33. The minimum Gasteiger partial charge on any atom is -0.342 e. The molecule has 0 aromatic heterocycles. The molecular formula is C16H29N3O. The first-order valence-corrected chi connectivity index (χ1v) is 8.09. The van der Waals surface area contributed by atoms with Gasteiger partial charge in [-0.1, -0.05) is 26.0 Å². The second kappa shape index (κ2) is 7.23. The summed E-state index contributed by atoms with van der Waals surface area (Å²) in [6.07, 6.45) is 7.04. The SMILES string of the molecule is CCN(CC)CC1CCN(C(=O)C2C=CC(N)C2)CC1. The molecule has 114 valence electrons. The number of nitrogens with two attached hydrogens (primary N) is 1. The maximum atomic E-state index is 12.4. The highest BCUT2D eigenvalue weighted by molar-refractivity contribution is 5.81. The topological polar surface area (TPSA) is 49.6 Å². The zero-order chi connectivity index (χ0) is 14.5. The number of carbonyl (C=O) groups excluding carboxylic acids is 1. The average Bonchev–Trinajstić information content (AvgIpc) is 2.91. The lowest BCUT2D eigenvalue weighted by molar-refractivity contribution is -0.135. The lowest BCUT2D eigenvalue weighted by Crippen LogP contribution is -2.43. The van der Waals surface area contributed by atoms with Gasteiger partial charge in [0.15, 0.2) is 0 Å². The zero-order valence-electron chi connectivity index (χ0n) is 12.9. The first-order chi connectivity index (χ1) is 9.63. The molecule has 2 unspecified atom stereocenters. The Hall–Kier alpha value is -0.870. The number of rotatable bonds is 5. The van der Waals surface area contributed by atoms with Crippen LogP contribution >= 0.6 is 0 Å². The van der Waals surface area contributed by atoms with Gasteiger partial charge in [0.05, 0.1) is 5.92 Å². The smallest absolute Gasteiger partial charge is 0.229 e. The first-order valence-electron chi connectivity index (χ1n) is 8.09. The summed E-state index contributed by atoms with van der Waals surface area (Å²) in [6.45, 7) is 9.72. The molecule has 0 saturated carbocycles. The fourth-order valence-corrected chi connectivity index (χ4v) is 3.33. The normalized spacial score (nSPS) is 27.5. The summed E-state index contributed by atoms with van der Waals surface area (Å²) in [5.74, 6) is 1.07. The third-order valence-electron chi connectivity index (χ3n) is 4.77. The standard InChI is InChI=1S/C16H29N3O/c1-3-18(4-2)12-13-7-9-19(10-8-13)16(20)14-5-6-15(17)11-14/h5-6,13-15H,3-4,7-12,17H2,1-2H3. The number of hydrogen-bond acceptors (Lipinski definition) is 3. The third kappa shape index (κ3) is 3.83. The Balaban J connectivity index is 1.76. The summed E-state index contributed by atoms with van der Waals surface area (Å²) in [5, 5.41) is 0. The van der Waals surface area contributed by atoms with Crippen molar-refractivity contribution in [1.82, 2.24) is 9.80 Å². The molecule has 2 N–H and O–H groups in total. The second-order valence-electron chi connectivity index (χ2n) is 6.15. The molecule has 0 radical (unpaired) electrons. The molecule has 0 aromatic rings. The molecule has 2 atom stereocenters. The Morgan fingerprint density at radius 2 is 1.90 bits per heavy atom. The van der Waals surface area contributed by atoms with Crippen molar-refractivity contribution in [2.75, 3.05) is 32.7 Å². The van der Waals surface area contributed by atoms with Gasteiger partial charge >= 0.3 is 0 Å². The summed E-state index contributed by atoms with van der Waals surface area (Å²) in [5.41, 5.74) is 5.84. The maximum Gasteiger partial charge on any atom is 0.229 e. The molecule has 4 nitrogen and oxygen atoms in total. The highest BCUT2D eigenvalue weighted by Crippen LogP contribution is 2.24. The first kappa shape index (κ1) is 15.5. The van der Waals surface area contributed by atoms with Gasteiger partial charge in [0.25, 0.3) is 0 Å². The summed E-state index contributed by atoms with van der Waals surface area (Å²) in [7, 11) is 0. The summed E-state index contributed by atoms with van der Waals surface area (Å²) < 4.78 is 0. The third-order valence-corrected chi connectivity index (χ3v) is 4.77. The largest absolute Gasteiger partial charge is 0.342 e. The fraction of sp³-hybridized carbons (Fsp3) is 0.812. The van der Waals surface area contributed by atoms with Crippen molar-refractivity contribution >= 4 is 5.91 Å². The molecule has 4 heteroatoms. The van der Waals surface area contributed by atoms with E-state index in [9.17, 15) is 4.79 Å². The van der Waals surface area contributed by atoms with E-state index in [0.29, 0.717) is 0 Å². The van der Waals surface area contributed by atoms with Gasteiger partial charge in [-0.2, -0.15) is 0 Å². The molecule has 0 bridgehead atoms. The van der Waals surface area contributed by atoms with Crippen molar-refractivity contribution in [3.05, 3.63) is 12.2 Å². The van der Waals surface area contributed by atoms with E-state index in [2.05, 4.69) is 18.7 Å². The molecule has 1 fully saturated rings. The van der Waals surface area contributed by atoms with Crippen LogP contribution in [0.1, 0.15) is 33.1 Å². The van der Waals surface area contributed by atoms with E-state index in [1.54, 1.807) is 0 Å². The van der Waals surface area contributed by atoms with Gasteiger partial charge in [-0.3, -0.25) is 4.79 Å². The molecule has 2 rings (SSSR count). The Kier molecular flexibility index (Phi) is 5.61. The van der Waals surface area contributed by atoms with Crippen LogP contribution in [0.3, 0.4) is 0 Å². The molecule has 1 amide bonds. The lowest BCUT2D eigenvalue weighted by atomic mass is 9.94. The highest BCUT2D eigenvalue weighted by Gasteiger charge is 2.30. The summed E-state index contributed by atoms with van der Waals surface area (Å²) in [6, 6.07) is 0.0733. The van der Waals surface area contributed by atoms with Gasteiger partial charge in [-0.05, 0) is 38.3 Å². The number of amides is 1. The zero-order valence-corrected chi connectivity index (χ0v) is 12.9. The highest BCUT2D eigenvalue weighted by atomic mass is 16.2. The van der Waals surface area contributed by atoms with Crippen LogP contribution in [-0.4, -0.2) is 54.5 Å². The summed E-state index contributed by atoms with van der Waals surface area (Å²) >= 11 is 0. The summed E-state index contributed by atoms with van der Waals surface area (Å²) in [4.78, 5) is 16.9. The number of carbonyl (C=O) groups is 1. The number of piperidine rings is 1. The van der Waals surface area contributed by atoms with Gasteiger partial charge in [-0.25, -0.2) is 0 Å². The van der Waals surface area contributed by atoms with E-state index in [1.807, 2.05) is 17.1 Å². The number of likely N-dealkylation sites (tertiary alicyclic amines) is 1. The van der Waals surface area contributed by atoms with Gasteiger partial charge in [0, 0.05) is 25.7 Å². The Bertz CT molecular complexity index is 344. The molecule has 0 spiro atoms. The van der Waals surface area contributed by atoms with Crippen LogP contribution < -0.4 is 5.73 Å². The second-order valence-corrected chi connectivity index (χ2v) is 6.15. The van der Waals surface area contributed by atoms with E-state index >= 15 is 0 Å². The van der Waals surface area contributed by atoms with E-state index in [-0.39, 0.29) is 17.9 Å². The Morgan fingerprint density at radius 1 is 1.25 bits per heavy atom. The van der Waals surface area contributed by atoms with Crippen LogP contribution in [0.2, 0.25) is 0 Å². The molecule has 2 aliphatic rings. The number of hydrogen-bond donors (Lipinski definition) is 1. The minimum atomic E-state index is 0.0318. The Labute approximate surface area is 123 Å². The van der Waals surface area contributed by atoms with Crippen molar-refractivity contribution in [2.45, 2.75) is 39.2 Å². The molecular weight excluding hydrogens is 250 g/mol. The monoisotopic (exact) mass is 279 g/mol. The Morgan fingerprint density at radius 3 is 2.40 bits per heavy atom.